The molecule has 0 aromatic heterocycles. The molecule has 0 bridgehead atoms. The fraction of sp³-hybridized carbons (Fsp3) is 0.381. The minimum Gasteiger partial charge on any atom is -0.396 e. The maximum absolute atomic E-state index is 8.83. The third kappa shape index (κ3) is 7.86. The van der Waals surface area contributed by atoms with Gasteiger partial charge in [0.2, 0.25) is 0 Å². The van der Waals surface area contributed by atoms with Crippen LogP contribution in [0.15, 0.2) is 59.6 Å². The van der Waals surface area contributed by atoms with Crippen molar-refractivity contribution in [2.24, 2.45) is 4.99 Å². The van der Waals surface area contributed by atoms with Crippen molar-refractivity contribution in [3.05, 3.63) is 65.7 Å². The third-order valence-electron chi connectivity index (χ3n) is 3.95. The summed E-state index contributed by atoms with van der Waals surface area (Å²) in [5.41, 5.74) is 3.48. The molecule has 0 fully saturated rings. The maximum atomic E-state index is 8.83. The second kappa shape index (κ2) is 11.3. The van der Waals surface area contributed by atoms with Crippen molar-refractivity contribution in [3.8, 4) is 0 Å². The Labute approximate surface area is 151 Å². The fourth-order valence-corrected chi connectivity index (χ4v) is 2.46. The molecule has 2 aromatic rings. The molecule has 2 aromatic carbocycles. The number of nitrogens with one attached hydrogen (secondary N) is 2. The van der Waals surface area contributed by atoms with Crippen molar-refractivity contribution in [3.63, 3.8) is 0 Å². The van der Waals surface area contributed by atoms with Gasteiger partial charge in [-0.05, 0) is 37.5 Å². The maximum Gasteiger partial charge on any atom is 0.196 e. The second-order valence-corrected chi connectivity index (χ2v) is 6.21. The summed E-state index contributed by atoms with van der Waals surface area (Å²) in [6.45, 7) is 3.89. The van der Waals surface area contributed by atoms with E-state index in [0.29, 0.717) is 6.54 Å². The molecule has 0 aliphatic rings. The predicted molar refractivity (Wildman–Crippen MR) is 106 cm³/mol. The van der Waals surface area contributed by atoms with Crippen LogP contribution in [0.25, 0.3) is 0 Å². The molecule has 25 heavy (non-hydrogen) atoms. The van der Waals surface area contributed by atoms with Gasteiger partial charge in [-0.15, -0.1) is 0 Å². The molecule has 0 aliphatic carbocycles. The number of para-hydroxylation sites is 1. The lowest BCUT2D eigenvalue weighted by Gasteiger charge is -2.13. The summed E-state index contributed by atoms with van der Waals surface area (Å²) < 4.78 is 0. The Kier molecular flexibility index (Phi) is 8.56. The Balaban J connectivity index is 1.90. The largest absolute Gasteiger partial charge is 0.396 e. The molecule has 0 saturated carbocycles. The topological polar surface area (TPSA) is 56.7 Å². The van der Waals surface area contributed by atoms with Gasteiger partial charge in [0.1, 0.15) is 0 Å². The zero-order chi connectivity index (χ0) is 17.7. The molecule has 4 nitrogen and oxygen atoms in total. The van der Waals surface area contributed by atoms with E-state index in [9.17, 15) is 0 Å². The van der Waals surface area contributed by atoms with E-state index in [1.165, 1.54) is 11.1 Å². The lowest BCUT2D eigenvalue weighted by atomic mass is 10.1. The Hall–Kier alpha value is -2.33. The highest BCUT2D eigenvalue weighted by Crippen LogP contribution is 2.07. The van der Waals surface area contributed by atoms with Gasteiger partial charge in [-0.25, -0.2) is 4.99 Å². The van der Waals surface area contributed by atoms with E-state index in [1.54, 1.807) is 0 Å². The predicted octanol–water partition coefficient (Wildman–Crippen LogP) is 4.11. The van der Waals surface area contributed by atoms with Gasteiger partial charge in [0.15, 0.2) is 5.96 Å². The molecule has 4 heteroatoms. The van der Waals surface area contributed by atoms with Crippen molar-refractivity contribution < 1.29 is 5.11 Å². The smallest absolute Gasteiger partial charge is 0.196 e. The zero-order valence-electron chi connectivity index (χ0n) is 15.0. The molecule has 0 amide bonds. The average Bonchev–Trinajstić information content (AvgIpc) is 2.64. The Morgan fingerprint density at radius 1 is 0.920 bits per heavy atom. The van der Waals surface area contributed by atoms with Crippen molar-refractivity contribution in [2.45, 2.75) is 39.2 Å². The summed E-state index contributed by atoms with van der Waals surface area (Å²) in [5.74, 6) is 0.800. The number of rotatable bonds is 9. The molecule has 0 spiro atoms. The number of aliphatic hydroxyl groups excluding tert-OH is 1. The standard InChI is InChI=1S/C21H29N3O/c1-18-11-13-19(14-12-18)17-23-21(22-15-7-2-3-8-16-25)24-20-9-5-4-6-10-20/h4-6,9-14,25H,2-3,7-8,15-17H2,1H3,(H2,22,23,24). The molecule has 0 atom stereocenters. The summed E-state index contributed by atoms with van der Waals surface area (Å²) in [6, 6.07) is 18.6. The van der Waals surface area contributed by atoms with E-state index in [2.05, 4.69) is 41.8 Å². The molecule has 134 valence electrons. The zero-order valence-corrected chi connectivity index (χ0v) is 15.0. The molecule has 0 aliphatic heterocycles. The second-order valence-electron chi connectivity index (χ2n) is 6.21. The molecular formula is C21H29N3O. The first-order valence-electron chi connectivity index (χ1n) is 9.05. The molecule has 2 rings (SSSR count). The van der Waals surface area contributed by atoms with E-state index in [4.69, 9.17) is 10.1 Å². The quantitative estimate of drug-likeness (QED) is 0.366. The Morgan fingerprint density at radius 3 is 2.36 bits per heavy atom. The van der Waals surface area contributed by atoms with Gasteiger partial charge in [-0.3, -0.25) is 0 Å². The molecule has 0 radical (unpaired) electrons. The number of hydrogen-bond donors (Lipinski definition) is 3. The first kappa shape index (κ1) is 19.0. The van der Waals surface area contributed by atoms with Crippen LogP contribution >= 0.6 is 0 Å². The third-order valence-corrected chi connectivity index (χ3v) is 3.95. The van der Waals surface area contributed by atoms with Gasteiger partial charge in [-0.2, -0.15) is 0 Å². The summed E-state index contributed by atoms with van der Waals surface area (Å²) in [6.07, 6.45) is 4.14. The number of aliphatic imine (C=N–C) groups is 1. The number of anilines is 1. The van der Waals surface area contributed by atoms with Gasteiger partial charge in [0.05, 0.1) is 6.54 Å². The molecule has 0 saturated heterocycles. The Morgan fingerprint density at radius 2 is 1.64 bits per heavy atom. The lowest BCUT2D eigenvalue weighted by molar-refractivity contribution is 0.282. The van der Waals surface area contributed by atoms with Gasteiger partial charge < -0.3 is 15.7 Å². The van der Waals surface area contributed by atoms with E-state index >= 15 is 0 Å². The highest BCUT2D eigenvalue weighted by molar-refractivity contribution is 5.93. The van der Waals surface area contributed by atoms with E-state index in [1.807, 2.05) is 30.3 Å². The van der Waals surface area contributed by atoms with Crippen molar-refractivity contribution >= 4 is 11.6 Å². The van der Waals surface area contributed by atoms with E-state index in [0.717, 1.165) is 43.9 Å². The summed E-state index contributed by atoms with van der Waals surface area (Å²) in [7, 11) is 0. The van der Waals surface area contributed by atoms with Crippen LogP contribution in [0, 0.1) is 6.92 Å². The first-order chi connectivity index (χ1) is 12.3. The van der Waals surface area contributed by atoms with Crippen LogP contribution < -0.4 is 10.6 Å². The number of aryl methyl sites for hydroxylation is 1. The van der Waals surface area contributed by atoms with Crippen LogP contribution in [0.1, 0.15) is 36.8 Å². The SMILES string of the molecule is Cc1ccc(CN=C(NCCCCCCO)Nc2ccccc2)cc1. The number of hydrogen-bond acceptors (Lipinski definition) is 2. The van der Waals surface area contributed by atoms with Crippen LogP contribution in [0.5, 0.6) is 0 Å². The highest BCUT2D eigenvalue weighted by atomic mass is 16.2. The summed E-state index contributed by atoms with van der Waals surface area (Å²) in [5, 5.41) is 15.6. The number of aliphatic hydroxyl groups is 1. The van der Waals surface area contributed by atoms with Crippen molar-refractivity contribution in [1.82, 2.24) is 5.32 Å². The summed E-state index contributed by atoms with van der Waals surface area (Å²) >= 11 is 0. The number of unbranched alkanes of at least 4 members (excludes halogenated alkanes) is 3. The van der Waals surface area contributed by atoms with Crippen LogP contribution in [-0.2, 0) is 6.54 Å². The van der Waals surface area contributed by atoms with Crippen LogP contribution in [0.4, 0.5) is 5.69 Å². The van der Waals surface area contributed by atoms with E-state index in [-0.39, 0.29) is 6.61 Å². The first-order valence-corrected chi connectivity index (χ1v) is 9.05. The van der Waals surface area contributed by atoms with Crippen molar-refractivity contribution in [2.75, 3.05) is 18.5 Å². The van der Waals surface area contributed by atoms with Gasteiger partial charge in [0.25, 0.3) is 0 Å². The van der Waals surface area contributed by atoms with Crippen LogP contribution in [0.2, 0.25) is 0 Å². The Bertz CT molecular complexity index is 623. The van der Waals surface area contributed by atoms with Gasteiger partial charge >= 0.3 is 0 Å². The van der Waals surface area contributed by atoms with Crippen LogP contribution in [0.3, 0.4) is 0 Å². The minimum atomic E-state index is 0.284. The molecule has 0 heterocycles. The lowest BCUT2D eigenvalue weighted by Crippen LogP contribution is -2.31. The molecule has 3 N–H and O–H groups in total. The van der Waals surface area contributed by atoms with Crippen molar-refractivity contribution in [1.29, 1.82) is 0 Å². The number of guanidine groups is 1. The van der Waals surface area contributed by atoms with Gasteiger partial charge in [0, 0.05) is 18.8 Å². The normalized spacial score (nSPS) is 11.4. The number of nitrogens with zero attached hydrogens (tertiary/aromatic N) is 1. The molecule has 0 unspecified atom stereocenters. The van der Waals surface area contributed by atoms with Gasteiger partial charge in [-0.1, -0.05) is 60.9 Å². The summed E-state index contributed by atoms with van der Waals surface area (Å²) in [4.78, 5) is 4.71. The molecular weight excluding hydrogens is 310 g/mol. The highest BCUT2D eigenvalue weighted by Gasteiger charge is 2.00. The monoisotopic (exact) mass is 339 g/mol. The fourth-order valence-electron chi connectivity index (χ4n) is 2.46. The minimum absolute atomic E-state index is 0.284. The average molecular weight is 339 g/mol. The van der Waals surface area contributed by atoms with Crippen LogP contribution in [-0.4, -0.2) is 24.2 Å². The number of benzene rings is 2. The van der Waals surface area contributed by atoms with E-state index < -0.39 is 0 Å².